The van der Waals surface area contributed by atoms with E-state index in [9.17, 15) is 49.2 Å². The first-order valence-electron chi connectivity index (χ1n) is 21.2. The summed E-state index contributed by atoms with van der Waals surface area (Å²) in [5, 5.41) is 53.1. The van der Waals surface area contributed by atoms with Gasteiger partial charge in [0.25, 0.3) is 0 Å². The smallest absolute Gasteiger partial charge is 0.326 e. The number of benzene rings is 4. The summed E-state index contributed by atoms with van der Waals surface area (Å²) in [7, 11) is 0. The molecule has 18 heteroatoms. The molecule has 344 valence electrons. The monoisotopic (exact) mass is 892 g/mol. The Bertz CT molecular complexity index is 2410. The summed E-state index contributed by atoms with van der Waals surface area (Å²) in [5.74, 6) is -5.03. The van der Waals surface area contributed by atoms with Gasteiger partial charge in [-0.15, -0.1) is 0 Å². The van der Waals surface area contributed by atoms with Crippen LogP contribution in [0.1, 0.15) is 48.4 Å². The number of carboxylic acid groups (broad SMARTS) is 1. The van der Waals surface area contributed by atoms with E-state index in [4.69, 9.17) is 11.5 Å². The average molecular weight is 893 g/mol. The van der Waals surface area contributed by atoms with Crippen LogP contribution in [0.5, 0.6) is 17.2 Å². The number of aliphatic carboxylic acids is 1. The highest BCUT2D eigenvalue weighted by Crippen LogP contribution is 2.20. The summed E-state index contributed by atoms with van der Waals surface area (Å²) >= 11 is 0. The Balaban J connectivity index is 1.36. The van der Waals surface area contributed by atoms with Crippen LogP contribution in [-0.4, -0.2) is 104 Å². The first-order valence-corrected chi connectivity index (χ1v) is 21.2. The second-order valence-electron chi connectivity index (χ2n) is 15.9. The van der Waals surface area contributed by atoms with E-state index in [0.29, 0.717) is 41.6 Å². The van der Waals surface area contributed by atoms with Crippen molar-refractivity contribution in [1.82, 2.24) is 31.6 Å². The second-order valence-corrected chi connectivity index (χ2v) is 15.9. The number of hydrogen-bond acceptors (Lipinski definition) is 11. The lowest BCUT2D eigenvalue weighted by Gasteiger charge is -2.27. The van der Waals surface area contributed by atoms with E-state index < -0.39 is 71.8 Å². The van der Waals surface area contributed by atoms with Gasteiger partial charge >= 0.3 is 5.97 Å². The number of unbranched alkanes of at least 4 members (excludes halogenated alkanes) is 1. The van der Waals surface area contributed by atoms with Gasteiger partial charge in [0, 0.05) is 36.4 Å². The Labute approximate surface area is 375 Å². The van der Waals surface area contributed by atoms with Gasteiger partial charge in [-0.2, -0.15) is 0 Å². The molecule has 1 heterocycles. The minimum absolute atomic E-state index is 0.0114. The molecule has 0 radical (unpaired) electrons. The number of aromatic hydroxyl groups is 3. The zero-order valence-corrected chi connectivity index (χ0v) is 35.8. The number of carboxylic acids is 1. The zero-order chi connectivity index (χ0) is 47.0. The van der Waals surface area contributed by atoms with E-state index in [1.54, 1.807) is 30.5 Å². The van der Waals surface area contributed by atoms with Gasteiger partial charge < -0.3 is 63.5 Å². The first-order chi connectivity index (χ1) is 31.1. The van der Waals surface area contributed by atoms with Crippen LogP contribution in [0.3, 0.4) is 0 Å². The quantitative estimate of drug-likeness (QED) is 0.0416. The molecule has 14 N–H and O–H groups in total. The Morgan fingerprint density at radius 1 is 0.554 bits per heavy atom. The van der Waals surface area contributed by atoms with E-state index in [2.05, 4.69) is 31.6 Å². The highest BCUT2D eigenvalue weighted by atomic mass is 16.4. The number of fused-ring (bicyclic) bond motifs is 1. The Morgan fingerprint density at radius 3 is 1.58 bits per heavy atom. The van der Waals surface area contributed by atoms with Crippen molar-refractivity contribution in [1.29, 1.82) is 0 Å². The number of rotatable bonds is 23. The highest BCUT2D eigenvalue weighted by Gasteiger charge is 2.33. The molecule has 5 rings (SSSR count). The summed E-state index contributed by atoms with van der Waals surface area (Å²) in [4.78, 5) is 84.7. The summed E-state index contributed by atoms with van der Waals surface area (Å²) in [6.07, 6.45) is 2.54. The minimum atomic E-state index is -1.37. The molecule has 0 aliphatic rings. The number of H-pyrrole nitrogens is 1. The molecule has 0 unspecified atom stereocenters. The first kappa shape index (κ1) is 48.6. The third kappa shape index (κ3) is 14.6. The van der Waals surface area contributed by atoms with E-state index in [-0.39, 0.29) is 49.4 Å². The Kier molecular flexibility index (Phi) is 17.4. The number of carbonyl (C=O) groups is 6. The molecule has 1 aromatic heterocycles. The highest BCUT2D eigenvalue weighted by molar-refractivity contribution is 5.97. The van der Waals surface area contributed by atoms with Gasteiger partial charge in [0.05, 0.1) is 6.04 Å². The van der Waals surface area contributed by atoms with E-state index in [1.807, 2.05) is 24.3 Å². The average Bonchev–Trinajstić information content (AvgIpc) is 3.69. The topological polar surface area (TPSA) is 311 Å². The SMILES string of the molecule is C[C@H](NC(=O)[C@H](Cc1c[nH]c2ccccc12)NC(=O)[C@H](CCCCN)NC(=O)[C@H](Cc1ccc(O)cc1)NC(=O)[C@@H](N)Cc1ccc(O)cc1)C(=O)N[C@@H](Cc1ccc(O)cc1)C(=O)O. The molecule has 65 heavy (non-hydrogen) atoms. The van der Waals surface area contributed by atoms with Crippen molar-refractivity contribution in [3.8, 4) is 17.2 Å². The molecule has 0 aliphatic heterocycles. The molecule has 5 amide bonds. The molecule has 0 fully saturated rings. The third-order valence-corrected chi connectivity index (χ3v) is 10.8. The lowest BCUT2D eigenvalue weighted by atomic mass is 10.0. The Morgan fingerprint density at radius 2 is 1.02 bits per heavy atom. The van der Waals surface area contributed by atoms with E-state index in [0.717, 1.165) is 10.9 Å². The molecule has 6 atom stereocenters. The number of phenolic OH excluding ortho intramolecular Hbond substituents is 3. The van der Waals surface area contributed by atoms with Gasteiger partial charge in [-0.05, 0) is 104 Å². The second kappa shape index (κ2) is 23.3. The Hall–Kier alpha value is -7.44. The maximum Gasteiger partial charge on any atom is 0.326 e. The molecule has 0 saturated carbocycles. The summed E-state index contributed by atoms with van der Waals surface area (Å²) in [5.41, 5.74) is 15.2. The summed E-state index contributed by atoms with van der Waals surface area (Å²) in [6, 6.07) is 17.8. The molecular formula is C47H56N8O10. The van der Waals surface area contributed by atoms with E-state index in [1.165, 1.54) is 55.5 Å². The number of aromatic amines is 1. The predicted molar refractivity (Wildman–Crippen MR) is 241 cm³/mol. The molecule has 18 nitrogen and oxygen atoms in total. The molecule has 0 saturated heterocycles. The van der Waals surface area contributed by atoms with Crippen molar-refractivity contribution in [3.05, 3.63) is 126 Å². The summed E-state index contributed by atoms with van der Waals surface area (Å²) in [6.45, 7) is 1.66. The third-order valence-electron chi connectivity index (χ3n) is 10.8. The van der Waals surface area contributed by atoms with Gasteiger partial charge in [-0.25, -0.2) is 4.79 Å². The lowest BCUT2D eigenvalue weighted by molar-refractivity contribution is -0.142. The molecule has 0 aliphatic carbocycles. The molecule has 4 aromatic carbocycles. The number of amides is 5. The van der Waals surface area contributed by atoms with Crippen LogP contribution >= 0.6 is 0 Å². The van der Waals surface area contributed by atoms with Crippen molar-refractivity contribution in [2.45, 2.75) is 88.1 Å². The number of aromatic nitrogens is 1. The predicted octanol–water partition coefficient (Wildman–Crippen LogP) is 1.54. The molecule has 0 spiro atoms. The number of phenols is 3. The zero-order valence-electron chi connectivity index (χ0n) is 35.8. The molecule has 5 aromatic rings. The fourth-order valence-electron chi connectivity index (χ4n) is 7.11. The van der Waals surface area contributed by atoms with Crippen molar-refractivity contribution in [2.75, 3.05) is 6.54 Å². The van der Waals surface area contributed by atoms with Gasteiger partial charge in [-0.1, -0.05) is 54.6 Å². The van der Waals surface area contributed by atoms with Crippen LogP contribution < -0.4 is 38.1 Å². The molecule has 0 bridgehead atoms. The van der Waals surface area contributed by atoms with Gasteiger partial charge in [-0.3, -0.25) is 24.0 Å². The van der Waals surface area contributed by atoms with Gasteiger partial charge in [0.15, 0.2) is 0 Å². The van der Waals surface area contributed by atoms with Gasteiger partial charge in [0.1, 0.15) is 47.5 Å². The lowest BCUT2D eigenvalue weighted by Crippen LogP contribution is -2.59. The van der Waals surface area contributed by atoms with Crippen LogP contribution in [0.2, 0.25) is 0 Å². The molecular weight excluding hydrogens is 837 g/mol. The van der Waals surface area contributed by atoms with Crippen LogP contribution in [0.4, 0.5) is 0 Å². The van der Waals surface area contributed by atoms with Crippen molar-refractivity contribution < 1.29 is 49.2 Å². The number of hydrogen-bond donors (Lipinski definition) is 12. The van der Waals surface area contributed by atoms with E-state index >= 15 is 0 Å². The van der Waals surface area contributed by atoms with Crippen LogP contribution in [0.15, 0.2) is 103 Å². The summed E-state index contributed by atoms with van der Waals surface area (Å²) < 4.78 is 0. The fraction of sp³-hybridized carbons (Fsp3) is 0.319. The van der Waals surface area contributed by atoms with Crippen LogP contribution in [0.25, 0.3) is 10.9 Å². The largest absolute Gasteiger partial charge is 0.508 e. The maximum atomic E-state index is 14.3. The van der Waals surface area contributed by atoms with Crippen LogP contribution in [-0.2, 0) is 54.5 Å². The normalized spacial score (nSPS) is 13.9. The number of carbonyl (C=O) groups excluding carboxylic acids is 5. The number of para-hydroxylation sites is 1. The minimum Gasteiger partial charge on any atom is -0.508 e. The number of nitrogens with one attached hydrogen (secondary N) is 6. The number of nitrogens with two attached hydrogens (primary N) is 2. The van der Waals surface area contributed by atoms with Crippen LogP contribution in [0, 0.1) is 0 Å². The maximum absolute atomic E-state index is 14.3. The fourth-order valence-corrected chi connectivity index (χ4v) is 7.11. The van der Waals surface area contributed by atoms with Gasteiger partial charge in [0.2, 0.25) is 29.5 Å². The standard InChI is InChI=1S/C47H56N8O10/c1-27(42(59)55-41(47(64)65)24-30-13-19-34(58)20-14-30)51-45(62)40(25-31-26-50-37-7-3-2-6-35(31)37)54-44(61)38(8-4-5-21-48)52-46(63)39(23-29-11-17-33(57)18-12-29)53-43(60)36(49)22-28-9-15-32(56)16-10-28/h2-3,6-7,9-20,26-27,36,38-41,50,56-58H,4-5,8,21-25,48-49H2,1H3,(H,51,62)(H,52,63)(H,53,60)(H,54,61)(H,55,59)(H,64,65)/t27-,36-,38-,39-,40-,41-/m0/s1. The van der Waals surface area contributed by atoms with Crippen molar-refractivity contribution >= 4 is 46.4 Å². The van der Waals surface area contributed by atoms with Crippen molar-refractivity contribution in [3.63, 3.8) is 0 Å². The van der Waals surface area contributed by atoms with Crippen molar-refractivity contribution in [2.24, 2.45) is 11.5 Å².